The zero-order chi connectivity index (χ0) is 20.4. The van der Waals surface area contributed by atoms with Gasteiger partial charge >= 0.3 is 0 Å². The number of carbonyl (C=O) groups excluding carboxylic acids is 1. The first-order valence-electron chi connectivity index (χ1n) is 8.82. The maximum Gasteiger partial charge on any atom is 0.267 e. The van der Waals surface area contributed by atoms with E-state index in [4.69, 9.17) is 23.2 Å². The Balaban J connectivity index is 1.63. The molecule has 144 valence electrons. The SMILES string of the molecule is O=C(Cn1nc(-c2cccc3ccccc23)ccc1=O)Nc1ccc(Cl)cc1Cl. The number of hydrogen-bond donors (Lipinski definition) is 1. The lowest BCUT2D eigenvalue weighted by molar-refractivity contribution is -0.117. The van der Waals surface area contributed by atoms with E-state index in [9.17, 15) is 9.59 Å². The minimum atomic E-state index is -0.418. The number of hydrogen-bond acceptors (Lipinski definition) is 3. The molecule has 7 heteroatoms. The highest BCUT2D eigenvalue weighted by Crippen LogP contribution is 2.27. The number of fused-ring (bicyclic) bond motifs is 1. The second-order valence-corrected chi connectivity index (χ2v) is 7.26. The van der Waals surface area contributed by atoms with Crippen LogP contribution in [0.5, 0.6) is 0 Å². The number of rotatable bonds is 4. The molecule has 0 radical (unpaired) electrons. The molecule has 0 unspecified atom stereocenters. The molecule has 0 aliphatic carbocycles. The van der Waals surface area contributed by atoms with Crippen LogP contribution in [0.1, 0.15) is 0 Å². The number of aromatic nitrogens is 2. The summed E-state index contributed by atoms with van der Waals surface area (Å²) in [6.07, 6.45) is 0. The first kappa shape index (κ1) is 19.2. The molecule has 0 aliphatic heterocycles. The molecule has 0 saturated carbocycles. The van der Waals surface area contributed by atoms with Crippen molar-refractivity contribution in [1.29, 1.82) is 0 Å². The van der Waals surface area contributed by atoms with Gasteiger partial charge in [-0.15, -0.1) is 0 Å². The second kappa shape index (κ2) is 8.07. The summed E-state index contributed by atoms with van der Waals surface area (Å²) in [5.41, 5.74) is 1.54. The molecule has 0 aliphatic rings. The summed E-state index contributed by atoms with van der Waals surface area (Å²) in [7, 11) is 0. The van der Waals surface area contributed by atoms with Crippen LogP contribution in [0.15, 0.2) is 77.6 Å². The number of nitrogens with one attached hydrogen (secondary N) is 1. The summed E-state index contributed by atoms with van der Waals surface area (Å²) in [6.45, 7) is -0.240. The number of benzene rings is 3. The van der Waals surface area contributed by atoms with Gasteiger partial charge in [-0.3, -0.25) is 9.59 Å². The van der Waals surface area contributed by atoms with Crippen molar-refractivity contribution >= 4 is 45.6 Å². The zero-order valence-electron chi connectivity index (χ0n) is 15.1. The predicted molar refractivity (Wildman–Crippen MR) is 117 cm³/mol. The van der Waals surface area contributed by atoms with Crippen molar-refractivity contribution < 1.29 is 4.79 Å². The van der Waals surface area contributed by atoms with Crippen molar-refractivity contribution in [3.05, 3.63) is 93.2 Å². The second-order valence-electron chi connectivity index (χ2n) is 6.41. The van der Waals surface area contributed by atoms with Gasteiger partial charge < -0.3 is 5.32 Å². The van der Waals surface area contributed by atoms with E-state index in [1.54, 1.807) is 18.2 Å². The summed E-state index contributed by atoms with van der Waals surface area (Å²) in [6, 6.07) is 21.6. The Morgan fingerprint density at radius 1 is 0.966 bits per heavy atom. The molecule has 0 fully saturated rings. The Morgan fingerprint density at radius 3 is 2.59 bits per heavy atom. The lowest BCUT2D eigenvalue weighted by Gasteiger charge is -2.10. The van der Waals surface area contributed by atoms with Crippen LogP contribution in [0.3, 0.4) is 0 Å². The molecule has 0 bridgehead atoms. The quantitative estimate of drug-likeness (QED) is 0.501. The van der Waals surface area contributed by atoms with Crippen molar-refractivity contribution in [3.63, 3.8) is 0 Å². The molecular weight excluding hydrogens is 409 g/mol. The average molecular weight is 424 g/mol. The maximum atomic E-state index is 12.4. The van der Waals surface area contributed by atoms with Crippen LogP contribution in [0, 0.1) is 0 Å². The van der Waals surface area contributed by atoms with Crippen molar-refractivity contribution in [3.8, 4) is 11.3 Å². The minimum Gasteiger partial charge on any atom is -0.323 e. The molecule has 1 amide bonds. The van der Waals surface area contributed by atoms with Gasteiger partial charge in [-0.1, -0.05) is 65.7 Å². The van der Waals surface area contributed by atoms with Gasteiger partial charge in [0.1, 0.15) is 6.54 Å². The van der Waals surface area contributed by atoms with Gasteiger partial charge in [-0.05, 0) is 35.0 Å². The van der Waals surface area contributed by atoms with Crippen LogP contribution in [0.25, 0.3) is 22.0 Å². The molecule has 5 nitrogen and oxygen atoms in total. The largest absolute Gasteiger partial charge is 0.323 e. The van der Waals surface area contributed by atoms with Crippen molar-refractivity contribution in [2.45, 2.75) is 6.54 Å². The zero-order valence-corrected chi connectivity index (χ0v) is 16.6. The number of anilines is 1. The van der Waals surface area contributed by atoms with Gasteiger partial charge in [0, 0.05) is 16.7 Å². The normalized spacial score (nSPS) is 10.8. The molecule has 1 N–H and O–H groups in total. The summed E-state index contributed by atoms with van der Waals surface area (Å²) < 4.78 is 1.14. The molecule has 0 atom stereocenters. The van der Waals surface area contributed by atoms with E-state index < -0.39 is 5.91 Å². The summed E-state index contributed by atoms with van der Waals surface area (Å²) in [4.78, 5) is 24.7. The predicted octanol–water partition coefficient (Wildman–Crippen LogP) is 5.01. The van der Waals surface area contributed by atoms with Crippen LogP contribution in [-0.2, 0) is 11.3 Å². The molecular formula is C22H15Cl2N3O2. The third kappa shape index (κ3) is 4.16. The van der Waals surface area contributed by atoms with E-state index in [0.717, 1.165) is 21.0 Å². The van der Waals surface area contributed by atoms with Crippen LogP contribution in [0.2, 0.25) is 10.0 Å². The topological polar surface area (TPSA) is 64.0 Å². The first-order valence-corrected chi connectivity index (χ1v) is 9.58. The van der Waals surface area contributed by atoms with E-state index in [2.05, 4.69) is 10.4 Å². The van der Waals surface area contributed by atoms with Crippen LogP contribution >= 0.6 is 23.2 Å². The average Bonchev–Trinajstić information content (AvgIpc) is 2.71. The molecule has 1 heterocycles. The molecule has 0 spiro atoms. The Morgan fingerprint density at radius 2 is 1.76 bits per heavy atom. The molecule has 4 aromatic rings. The van der Waals surface area contributed by atoms with Crippen molar-refractivity contribution in [2.24, 2.45) is 0 Å². The highest BCUT2D eigenvalue weighted by Gasteiger charge is 2.11. The third-order valence-electron chi connectivity index (χ3n) is 4.43. The minimum absolute atomic E-state index is 0.240. The Hall–Kier alpha value is -3.15. The highest BCUT2D eigenvalue weighted by atomic mass is 35.5. The number of nitrogens with zero attached hydrogens (tertiary/aromatic N) is 2. The van der Waals surface area contributed by atoms with E-state index in [1.807, 2.05) is 42.5 Å². The Kier molecular flexibility index (Phi) is 5.34. The van der Waals surface area contributed by atoms with Crippen LogP contribution < -0.4 is 10.9 Å². The molecule has 4 rings (SSSR count). The molecule has 3 aromatic carbocycles. The van der Waals surface area contributed by atoms with Gasteiger partial charge in [0.2, 0.25) is 5.91 Å². The van der Waals surface area contributed by atoms with E-state index in [-0.39, 0.29) is 12.1 Å². The van der Waals surface area contributed by atoms with E-state index in [1.165, 1.54) is 12.1 Å². The maximum absolute atomic E-state index is 12.4. The fourth-order valence-corrected chi connectivity index (χ4v) is 3.53. The van der Waals surface area contributed by atoms with Gasteiger partial charge in [-0.25, -0.2) is 4.68 Å². The van der Waals surface area contributed by atoms with Crippen LogP contribution in [0.4, 0.5) is 5.69 Å². The number of carbonyl (C=O) groups is 1. The smallest absolute Gasteiger partial charge is 0.267 e. The fraction of sp³-hybridized carbons (Fsp3) is 0.0455. The van der Waals surface area contributed by atoms with Gasteiger partial charge in [0.15, 0.2) is 0 Å². The summed E-state index contributed by atoms with van der Waals surface area (Å²) in [5, 5.41) is 9.94. The van der Waals surface area contributed by atoms with Crippen LogP contribution in [-0.4, -0.2) is 15.7 Å². The first-order chi connectivity index (χ1) is 14.0. The number of amides is 1. The standard InChI is InChI=1S/C22H15Cl2N3O2/c23-15-8-9-20(18(24)12-15)25-21(28)13-27-22(29)11-10-19(26-27)17-7-3-5-14-4-1-2-6-16(14)17/h1-12H,13H2,(H,25,28). The lowest BCUT2D eigenvalue weighted by atomic mass is 10.0. The van der Waals surface area contributed by atoms with E-state index >= 15 is 0 Å². The Labute approximate surface area is 176 Å². The monoisotopic (exact) mass is 423 g/mol. The van der Waals surface area contributed by atoms with Gasteiger partial charge in [0.05, 0.1) is 16.4 Å². The number of halogens is 2. The van der Waals surface area contributed by atoms with Crippen molar-refractivity contribution in [2.75, 3.05) is 5.32 Å². The summed E-state index contributed by atoms with van der Waals surface area (Å²) in [5.74, 6) is -0.418. The molecule has 0 saturated heterocycles. The molecule has 29 heavy (non-hydrogen) atoms. The van der Waals surface area contributed by atoms with Crippen molar-refractivity contribution in [1.82, 2.24) is 9.78 Å². The summed E-state index contributed by atoms with van der Waals surface area (Å²) >= 11 is 12.0. The Bertz CT molecular complexity index is 1280. The fourth-order valence-electron chi connectivity index (χ4n) is 3.07. The van der Waals surface area contributed by atoms with Gasteiger partial charge in [-0.2, -0.15) is 5.10 Å². The van der Waals surface area contributed by atoms with E-state index in [0.29, 0.717) is 21.4 Å². The lowest BCUT2D eigenvalue weighted by Crippen LogP contribution is -2.29. The molecule has 1 aromatic heterocycles. The van der Waals surface area contributed by atoms with Gasteiger partial charge in [0.25, 0.3) is 5.56 Å². The third-order valence-corrected chi connectivity index (χ3v) is 4.98. The highest BCUT2D eigenvalue weighted by molar-refractivity contribution is 6.36.